The zero-order valence-corrected chi connectivity index (χ0v) is 24.6. The third-order valence-electron chi connectivity index (χ3n) is 6.01. The van der Waals surface area contributed by atoms with E-state index in [4.69, 9.17) is 14.6 Å². The van der Waals surface area contributed by atoms with Gasteiger partial charge in [0, 0.05) is 59.0 Å². The molecule has 0 aromatic rings. The van der Waals surface area contributed by atoms with Crippen molar-refractivity contribution in [2.45, 2.75) is 83.6 Å². The highest BCUT2D eigenvalue weighted by Gasteiger charge is 2.48. The summed E-state index contributed by atoms with van der Waals surface area (Å²) in [6.07, 6.45) is -8.52. The number of hydrogen-bond acceptors (Lipinski definition) is 7. The molecule has 240 valence electrons. The first-order valence-electron chi connectivity index (χ1n) is 13.4. The van der Waals surface area contributed by atoms with Gasteiger partial charge >= 0.3 is 24.5 Å². The van der Waals surface area contributed by atoms with Gasteiger partial charge in [0.2, 0.25) is 0 Å². The highest BCUT2D eigenvalue weighted by Crippen LogP contribution is 2.30. The zero-order chi connectivity index (χ0) is 31.8. The van der Waals surface area contributed by atoms with Crippen LogP contribution < -0.4 is 0 Å². The Morgan fingerprint density at radius 3 is 1.51 bits per heavy atom. The smallest absolute Gasteiger partial charge is 0.410 e. The van der Waals surface area contributed by atoms with Gasteiger partial charge in [0.25, 0.3) is 0 Å². The molecule has 0 aliphatic carbocycles. The molecule has 0 saturated carbocycles. The lowest BCUT2D eigenvalue weighted by molar-refractivity contribution is -0.196. The SMILES string of the molecule is C=CCN1CCN(C(=O)OC(C)(C)C)CC1C(F)(F)F.CC(C)(C)OC(=O)N1CCN(CCCO)C(C(F)(F)F)C1. The molecular weight excluding hydrogens is 562 g/mol. The van der Waals surface area contributed by atoms with Gasteiger partial charge < -0.3 is 24.4 Å². The molecule has 2 saturated heterocycles. The summed E-state index contributed by atoms with van der Waals surface area (Å²) in [6.45, 7) is 13.5. The molecule has 41 heavy (non-hydrogen) atoms. The van der Waals surface area contributed by atoms with Gasteiger partial charge in [0.15, 0.2) is 0 Å². The van der Waals surface area contributed by atoms with Crippen molar-refractivity contribution in [1.29, 1.82) is 0 Å². The van der Waals surface area contributed by atoms with E-state index < -0.39 is 60.9 Å². The van der Waals surface area contributed by atoms with Crippen LogP contribution in [0.15, 0.2) is 12.7 Å². The van der Waals surface area contributed by atoms with Crippen LogP contribution in [0, 0.1) is 0 Å². The standard InChI is InChI=1S/C13H23F3N2O3.C13H21F3N2O2/c1-12(2,3)21-11(20)18-7-6-17(5-4-8-19)10(9-18)13(14,15)16;1-5-6-17-7-8-18(9-10(17)13(14,15)16)11(19)20-12(2,3)4/h10,19H,4-9H2,1-3H3;5,10H,1,6-9H2,2-4H3. The van der Waals surface area contributed by atoms with Crippen molar-refractivity contribution in [3.63, 3.8) is 0 Å². The molecule has 0 radical (unpaired) electrons. The third kappa shape index (κ3) is 13.1. The number of ether oxygens (including phenoxy) is 2. The second-order valence-corrected chi connectivity index (χ2v) is 11.9. The largest absolute Gasteiger partial charge is 0.444 e. The normalized spacial score (nSPS) is 21.6. The number of aliphatic hydroxyl groups is 1. The van der Waals surface area contributed by atoms with Gasteiger partial charge in [-0.1, -0.05) is 6.08 Å². The van der Waals surface area contributed by atoms with Crippen LogP contribution in [0.5, 0.6) is 0 Å². The number of rotatable bonds is 5. The molecule has 2 aliphatic heterocycles. The van der Waals surface area contributed by atoms with E-state index in [1.54, 1.807) is 41.5 Å². The number of hydrogen-bond donors (Lipinski definition) is 1. The first-order chi connectivity index (χ1) is 18.6. The summed E-state index contributed by atoms with van der Waals surface area (Å²) >= 11 is 0. The van der Waals surface area contributed by atoms with E-state index in [1.165, 1.54) is 15.9 Å². The molecule has 2 heterocycles. The number of aliphatic hydroxyl groups excluding tert-OH is 1. The fourth-order valence-corrected chi connectivity index (χ4v) is 4.17. The Labute approximate surface area is 238 Å². The van der Waals surface area contributed by atoms with Gasteiger partial charge in [0.05, 0.1) is 0 Å². The molecule has 15 heteroatoms. The molecule has 9 nitrogen and oxygen atoms in total. The summed E-state index contributed by atoms with van der Waals surface area (Å²) < 4.78 is 88.7. The summed E-state index contributed by atoms with van der Waals surface area (Å²) in [5.41, 5.74) is -1.46. The summed E-state index contributed by atoms with van der Waals surface area (Å²) in [6, 6.07) is -3.40. The van der Waals surface area contributed by atoms with Crippen molar-refractivity contribution in [3.05, 3.63) is 12.7 Å². The Morgan fingerprint density at radius 1 is 0.780 bits per heavy atom. The van der Waals surface area contributed by atoms with Crippen molar-refractivity contribution in [2.75, 3.05) is 59.0 Å². The van der Waals surface area contributed by atoms with E-state index in [9.17, 15) is 35.9 Å². The molecule has 0 aromatic carbocycles. The molecule has 2 fully saturated rings. The van der Waals surface area contributed by atoms with Gasteiger partial charge in [-0.05, 0) is 48.0 Å². The summed E-state index contributed by atoms with van der Waals surface area (Å²) in [7, 11) is 0. The Morgan fingerprint density at radius 2 is 1.17 bits per heavy atom. The van der Waals surface area contributed by atoms with Crippen molar-refractivity contribution in [2.24, 2.45) is 0 Å². The van der Waals surface area contributed by atoms with Crippen LogP contribution in [0.1, 0.15) is 48.0 Å². The zero-order valence-electron chi connectivity index (χ0n) is 24.6. The van der Waals surface area contributed by atoms with E-state index in [0.717, 1.165) is 9.80 Å². The number of amides is 2. The first kappa shape index (κ1) is 36.8. The first-order valence-corrected chi connectivity index (χ1v) is 13.4. The number of piperazine rings is 2. The fourth-order valence-electron chi connectivity index (χ4n) is 4.17. The lowest BCUT2D eigenvalue weighted by Crippen LogP contribution is -2.60. The van der Waals surface area contributed by atoms with Crippen molar-refractivity contribution >= 4 is 12.2 Å². The Hall–Kier alpha value is -2.26. The molecule has 2 atom stereocenters. The minimum absolute atomic E-state index is 0.115. The average molecular weight is 607 g/mol. The third-order valence-corrected chi connectivity index (χ3v) is 6.01. The van der Waals surface area contributed by atoms with E-state index in [0.29, 0.717) is 0 Å². The van der Waals surface area contributed by atoms with Gasteiger partial charge in [-0.25, -0.2) is 9.59 Å². The highest BCUT2D eigenvalue weighted by atomic mass is 19.4. The summed E-state index contributed by atoms with van der Waals surface area (Å²) in [5.74, 6) is 0. The number of carbonyl (C=O) groups excluding carboxylic acids is 2. The quantitative estimate of drug-likeness (QED) is 0.364. The number of nitrogens with zero attached hydrogens (tertiary/aromatic N) is 4. The molecule has 2 aliphatic rings. The van der Waals surface area contributed by atoms with Crippen LogP contribution >= 0.6 is 0 Å². The monoisotopic (exact) mass is 606 g/mol. The lowest BCUT2D eigenvalue weighted by atomic mass is 10.1. The minimum Gasteiger partial charge on any atom is -0.444 e. The van der Waals surface area contributed by atoms with Crippen molar-refractivity contribution < 1.29 is 50.5 Å². The van der Waals surface area contributed by atoms with Crippen molar-refractivity contribution in [1.82, 2.24) is 19.6 Å². The minimum atomic E-state index is -4.42. The maximum atomic E-state index is 13.1. The summed E-state index contributed by atoms with van der Waals surface area (Å²) in [5, 5.41) is 8.76. The van der Waals surface area contributed by atoms with Crippen LogP contribution in [-0.2, 0) is 9.47 Å². The number of alkyl halides is 6. The maximum Gasteiger partial charge on any atom is 0.410 e. The molecule has 0 spiro atoms. The van der Waals surface area contributed by atoms with Gasteiger partial charge in [-0.3, -0.25) is 9.80 Å². The number of halogens is 6. The molecule has 2 amide bonds. The lowest BCUT2D eigenvalue weighted by Gasteiger charge is -2.42. The van der Waals surface area contributed by atoms with Gasteiger partial charge in [0.1, 0.15) is 23.3 Å². The molecule has 1 N–H and O–H groups in total. The van der Waals surface area contributed by atoms with E-state index in [1.807, 2.05) is 0 Å². The number of carbonyl (C=O) groups is 2. The Kier molecular flexibility index (Phi) is 13.2. The molecule has 0 bridgehead atoms. The van der Waals surface area contributed by atoms with Crippen LogP contribution in [0.3, 0.4) is 0 Å². The Balaban J connectivity index is 0.000000410. The second kappa shape index (κ2) is 14.8. The molecular formula is C26H44F6N4O5. The predicted molar refractivity (Wildman–Crippen MR) is 140 cm³/mol. The fraction of sp³-hybridized carbons (Fsp3) is 0.846. The van der Waals surface area contributed by atoms with Crippen LogP contribution in [-0.4, -0.2) is 131 Å². The molecule has 2 rings (SSSR count). The van der Waals surface area contributed by atoms with E-state index in [-0.39, 0.29) is 52.3 Å². The van der Waals surface area contributed by atoms with Gasteiger partial charge in [-0.15, -0.1) is 6.58 Å². The van der Waals surface area contributed by atoms with E-state index >= 15 is 0 Å². The van der Waals surface area contributed by atoms with Crippen LogP contribution in [0.2, 0.25) is 0 Å². The average Bonchev–Trinajstić information content (AvgIpc) is 2.80. The van der Waals surface area contributed by atoms with Crippen LogP contribution in [0.4, 0.5) is 35.9 Å². The predicted octanol–water partition coefficient (Wildman–Crippen LogP) is 4.51. The topological polar surface area (TPSA) is 85.8 Å². The van der Waals surface area contributed by atoms with Crippen molar-refractivity contribution in [3.8, 4) is 0 Å². The molecule has 2 unspecified atom stereocenters. The summed E-state index contributed by atoms with van der Waals surface area (Å²) in [4.78, 5) is 28.5. The van der Waals surface area contributed by atoms with Crippen LogP contribution in [0.25, 0.3) is 0 Å². The van der Waals surface area contributed by atoms with E-state index in [2.05, 4.69) is 6.58 Å². The maximum absolute atomic E-state index is 13.1. The second-order valence-electron chi connectivity index (χ2n) is 11.9. The Bertz CT molecular complexity index is 857. The molecule has 0 aromatic heterocycles. The highest BCUT2D eigenvalue weighted by molar-refractivity contribution is 5.68. The van der Waals surface area contributed by atoms with Gasteiger partial charge in [-0.2, -0.15) is 26.3 Å².